The van der Waals surface area contributed by atoms with Gasteiger partial charge in [0.2, 0.25) is 5.88 Å². The molecule has 0 atom stereocenters. The summed E-state index contributed by atoms with van der Waals surface area (Å²) in [5.41, 5.74) is 1.60. The molecule has 3 aromatic rings. The van der Waals surface area contributed by atoms with Crippen molar-refractivity contribution in [3.63, 3.8) is 0 Å². The van der Waals surface area contributed by atoms with E-state index in [1.165, 1.54) is 17.1 Å². The molecule has 1 amide bonds. The summed E-state index contributed by atoms with van der Waals surface area (Å²) >= 11 is 5.30. The van der Waals surface area contributed by atoms with Crippen molar-refractivity contribution in [1.29, 1.82) is 0 Å². The van der Waals surface area contributed by atoms with Crippen molar-refractivity contribution < 1.29 is 14.6 Å². The maximum absolute atomic E-state index is 12.5. The summed E-state index contributed by atoms with van der Waals surface area (Å²) in [5, 5.41) is 10.5. The first-order chi connectivity index (χ1) is 15.4. The van der Waals surface area contributed by atoms with Gasteiger partial charge in [0.15, 0.2) is 10.5 Å². The third kappa shape index (κ3) is 4.78. The van der Waals surface area contributed by atoms with Crippen LogP contribution in [0.25, 0.3) is 5.82 Å². The lowest BCUT2D eigenvalue weighted by atomic mass is 10.1. The minimum Gasteiger partial charge on any atom is -0.493 e. The fourth-order valence-electron chi connectivity index (χ4n) is 3.52. The third-order valence-corrected chi connectivity index (χ3v) is 5.57. The van der Waals surface area contributed by atoms with Gasteiger partial charge >= 0.3 is 6.09 Å². The van der Waals surface area contributed by atoms with Crippen LogP contribution in [0.1, 0.15) is 31.2 Å². The Morgan fingerprint density at radius 1 is 1.22 bits per heavy atom. The van der Waals surface area contributed by atoms with Crippen LogP contribution < -0.4 is 4.74 Å². The number of H-pyrrole nitrogens is 1. The number of amides is 1. The molecular formula is C21H25N7O3S. The smallest absolute Gasteiger partial charge is 0.415 e. The molecule has 0 aromatic carbocycles. The minimum absolute atomic E-state index is 0.0297. The van der Waals surface area contributed by atoms with Crippen molar-refractivity contribution in [2.45, 2.75) is 26.3 Å². The lowest BCUT2D eigenvalue weighted by molar-refractivity contribution is 0.107. The number of aromatic nitrogens is 5. The zero-order valence-corrected chi connectivity index (χ0v) is 18.7. The average Bonchev–Trinajstić information content (AvgIpc) is 3.10. The largest absolute Gasteiger partial charge is 0.493 e. The molecule has 4 heterocycles. The van der Waals surface area contributed by atoms with Gasteiger partial charge in [0.05, 0.1) is 17.6 Å². The standard InChI is InChI=1S/C21H25N7O3S/c1-14(2)18-19(29)28(20(32)25-18)17-4-3-16(11-23-17)31-21(30)27-9-7-26(8-10-27)12-15-5-6-22-13-24-15/h3-6,11,13-14,29H,7-10,12H2,1-2H3,(H,25,32). The average molecular weight is 456 g/mol. The van der Waals surface area contributed by atoms with Gasteiger partial charge in [0, 0.05) is 38.9 Å². The summed E-state index contributed by atoms with van der Waals surface area (Å²) in [7, 11) is 0. The van der Waals surface area contributed by atoms with Crippen LogP contribution in [0.5, 0.6) is 11.6 Å². The molecule has 11 heteroatoms. The van der Waals surface area contributed by atoms with Crippen LogP contribution in [0.15, 0.2) is 36.9 Å². The lowest BCUT2D eigenvalue weighted by Crippen LogP contribution is -2.49. The maximum Gasteiger partial charge on any atom is 0.415 e. The molecule has 10 nitrogen and oxygen atoms in total. The number of carbonyl (C=O) groups excluding carboxylic acids is 1. The Morgan fingerprint density at radius 2 is 2.00 bits per heavy atom. The van der Waals surface area contributed by atoms with Crippen molar-refractivity contribution in [2.24, 2.45) is 0 Å². The number of aromatic amines is 1. The Balaban J connectivity index is 1.34. The number of ether oxygens (including phenoxy) is 1. The van der Waals surface area contributed by atoms with Crippen LogP contribution in [0.2, 0.25) is 0 Å². The fraction of sp³-hybridized carbons (Fsp3) is 0.381. The van der Waals surface area contributed by atoms with Crippen molar-refractivity contribution in [3.8, 4) is 17.4 Å². The zero-order valence-electron chi connectivity index (χ0n) is 17.9. The van der Waals surface area contributed by atoms with E-state index in [1.54, 1.807) is 23.2 Å². The summed E-state index contributed by atoms with van der Waals surface area (Å²) in [4.78, 5) is 31.9. The van der Waals surface area contributed by atoms with Crippen LogP contribution in [-0.2, 0) is 6.54 Å². The Hall–Kier alpha value is -3.31. The number of nitrogens with one attached hydrogen (secondary N) is 1. The van der Waals surface area contributed by atoms with E-state index in [1.807, 2.05) is 19.9 Å². The summed E-state index contributed by atoms with van der Waals surface area (Å²) in [6, 6.07) is 5.17. The van der Waals surface area contributed by atoms with Crippen molar-refractivity contribution >= 4 is 18.3 Å². The monoisotopic (exact) mass is 455 g/mol. The van der Waals surface area contributed by atoms with Gasteiger partial charge < -0.3 is 19.7 Å². The van der Waals surface area contributed by atoms with E-state index in [9.17, 15) is 9.90 Å². The molecule has 1 aliphatic rings. The first-order valence-corrected chi connectivity index (χ1v) is 10.8. The molecule has 168 valence electrons. The van der Waals surface area contributed by atoms with Gasteiger partial charge in [0.1, 0.15) is 12.1 Å². The molecule has 0 bridgehead atoms. The third-order valence-electron chi connectivity index (χ3n) is 5.29. The SMILES string of the molecule is CC(C)c1[nH]c(=S)n(-c2ccc(OC(=O)N3CCN(Cc4ccncn4)CC3)cn2)c1O. The molecular weight excluding hydrogens is 430 g/mol. The van der Waals surface area contributed by atoms with E-state index in [0.29, 0.717) is 35.1 Å². The second kappa shape index (κ2) is 9.45. The van der Waals surface area contributed by atoms with Crippen molar-refractivity contribution in [3.05, 3.63) is 53.1 Å². The van der Waals surface area contributed by atoms with Gasteiger partial charge in [-0.05, 0) is 36.3 Å². The van der Waals surface area contributed by atoms with Crippen molar-refractivity contribution in [1.82, 2.24) is 34.3 Å². The first kappa shape index (κ1) is 21.9. The second-order valence-corrected chi connectivity index (χ2v) is 8.23. The predicted molar refractivity (Wildman–Crippen MR) is 119 cm³/mol. The molecule has 1 fully saturated rings. The van der Waals surface area contributed by atoms with Crippen LogP contribution in [0, 0.1) is 4.77 Å². The molecule has 0 saturated carbocycles. The number of hydrogen-bond acceptors (Lipinski definition) is 8. The number of nitrogens with zero attached hydrogens (tertiary/aromatic N) is 6. The van der Waals surface area contributed by atoms with Gasteiger partial charge in [-0.25, -0.2) is 24.3 Å². The number of hydrogen-bond donors (Lipinski definition) is 2. The quantitative estimate of drug-likeness (QED) is 0.565. The normalized spacial score (nSPS) is 14.7. The van der Waals surface area contributed by atoms with E-state index in [4.69, 9.17) is 17.0 Å². The molecule has 2 N–H and O–H groups in total. The van der Waals surface area contributed by atoms with E-state index in [2.05, 4.69) is 24.8 Å². The highest BCUT2D eigenvalue weighted by atomic mass is 32.1. The summed E-state index contributed by atoms with van der Waals surface area (Å²) in [6.45, 7) is 7.25. The minimum atomic E-state index is -0.413. The van der Waals surface area contributed by atoms with E-state index in [0.717, 1.165) is 25.3 Å². The topological polar surface area (TPSA) is 112 Å². The molecule has 0 spiro atoms. The van der Waals surface area contributed by atoms with Gasteiger partial charge in [0.25, 0.3) is 0 Å². The lowest BCUT2D eigenvalue weighted by Gasteiger charge is -2.33. The van der Waals surface area contributed by atoms with E-state index < -0.39 is 6.09 Å². The Morgan fingerprint density at radius 3 is 2.59 bits per heavy atom. The Kier molecular flexibility index (Phi) is 6.47. The molecule has 4 rings (SSSR count). The summed E-state index contributed by atoms with van der Waals surface area (Å²) in [6.07, 6.45) is 4.30. The maximum atomic E-state index is 12.5. The summed E-state index contributed by atoms with van der Waals surface area (Å²) < 4.78 is 7.28. The van der Waals surface area contributed by atoms with Crippen molar-refractivity contribution in [2.75, 3.05) is 26.2 Å². The molecule has 3 aromatic heterocycles. The second-order valence-electron chi connectivity index (χ2n) is 7.84. The van der Waals surface area contributed by atoms with Gasteiger partial charge in [-0.15, -0.1) is 0 Å². The van der Waals surface area contributed by atoms with Gasteiger partial charge in [-0.2, -0.15) is 0 Å². The highest BCUT2D eigenvalue weighted by molar-refractivity contribution is 7.71. The van der Waals surface area contributed by atoms with E-state index in [-0.39, 0.29) is 11.8 Å². The number of pyridine rings is 1. The number of aromatic hydroxyl groups is 1. The highest BCUT2D eigenvalue weighted by Crippen LogP contribution is 2.27. The first-order valence-electron chi connectivity index (χ1n) is 10.4. The molecule has 0 radical (unpaired) electrons. The van der Waals surface area contributed by atoms with Gasteiger partial charge in [-0.3, -0.25) is 4.90 Å². The number of piperazine rings is 1. The molecule has 0 aliphatic carbocycles. The number of rotatable bonds is 5. The molecule has 32 heavy (non-hydrogen) atoms. The Bertz CT molecular complexity index is 1120. The molecule has 0 unspecified atom stereocenters. The summed E-state index contributed by atoms with van der Waals surface area (Å²) in [5.74, 6) is 0.878. The zero-order chi connectivity index (χ0) is 22.7. The Labute approximate surface area is 190 Å². The number of carbonyl (C=O) groups is 1. The van der Waals surface area contributed by atoms with E-state index >= 15 is 0 Å². The molecule has 1 saturated heterocycles. The highest BCUT2D eigenvalue weighted by Gasteiger charge is 2.23. The van der Waals surface area contributed by atoms with Gasteiger partial charge in [-0.1, -0.05) is 13.8 Å². The predicted octanol–water partition coefficient (Wildman–Crippen LogP) is 2.87. The van der Waals surface area contributed by atoms with Crippen LogP contribution in [0.3, 0.4) is 0 Å². The van der Waals surface area contributed by atoms with Crippen LogP contribution in [-0.4, -0.2) is 71.7 Å². The number of imidazole rings is 1. The van der Waals surface area contributed by atoms with Crippen LogP contribution in [0.4, 0.5) is 4.79 Å². The van der Waals surface area contributed by atoms with Crippen LogP contribution >= 0.6 is 12.2 Å². The fourth-order valence-corrected chi connectivity index (χ4v) is 3.81. The molecule has 1 aliphatic heterocycles.